The van der Waals surface area contributed by atoms with Crippen LogP contribution in [0.3, 0.4) is 0 Å². The lowest BCUT2D eigenvalue weighted by molar-refractivity contribution is -0.139. The minimum absolute atomic E-state index is 0.0961. The molecule has 1 aliphatic heterocycles. The lowest BCUT2D eigenvalue weighted by Crippen LogP contribution is -2.31. The zero-order valence-corrected chi connectivity index (χ0v) is 17.8. The molecule has 1 aliphatic rings. The molecule has 6 nitrogen and oxygen atoms in total. The van der Waals surface area contributed by atoms with Crippen molar-refractivity contribution in [1.29, 1.82) is 0 Å². The number of amides is 1. The van der Waals surface area contributed by atoms with E-state index in [1.807, 2.05) is 42.0 Å². The molecule has 1 atom stereocenters. The molecule has 1 fully saturated rings. The molecule has 0 bridgehead atoms. The Labute approximate surface area is 185 Å². The number of ketones is 1. The Morgan fingerprint density at radius 3 is 2.42 bits per heavy atom. The first-order valence-electron chi connectivity index (χ1n) is 10.0. The summed E-state index contributed by atoms with van der Waals surface area (Å²) in [5.74, 6) is -1.48. The molecule has 1 aromatic heterocycles. The van der Waals surface area contributed by atoms with E-state index in [0.717, 1.165) is 11.1 Å². The maximum absolute atomic E-state index is 13.0. The smallest absolute Gasteiger partial charge is 0.295 e. The largest absolute Gasteiger partial charge is 0.507 e. The van der Waals surface area contributed by atoms with Crippen molar-refractivity contribution in [2.45, 2.75) is 25.9 Å². The molecule has 2 heterocycles. The van der Waals surface area contributed by atoms with Gasteiger partial charge < -0.3 is 14.6 Å². The second-order valence-corrected chi connectivity index (χ2v) is 8.00. The van der Waals surface area contributed by atoms with Gasteiger partial charge in [0.25, 0.3) is 11.7 Å². The van der Waals surface area contributed by atoms with E-state index in [1.165, 1.54) is 0 Å². The van der Waals surface area contributed by atoms with Gasteiger partial charge in [-0.2, -0.15) is 0 Å². The molecule has 0 saturated carbocycles. The van der Waals surface area contributed by atoms with Crippen molar-refractivity contribution >= 4 is 29.1 Å². The van der Waals surface area contributed by atoms with Crippen molar-refractivity contribution in [2.75, 3.05) is 6.54 Å². The van der Waals surface area contributed by atoms with Crippen LogP contribution in [0.4, 0.5) is 0 Å². The minimum atomic E-state index is -0.680. The molecular weight excluding hydrogens is 414 g/mol. The highest BCUT2D eigenvalue weighted by Crippen LogP contribution is 2.39. The monoisotopic (exact) mass is 435 g/mol. The van der Waals surface area contributed by atoms with E-state index in [1.54, 1.807) is 41.7 Å². The van der Waals surface area contributed by atoms with Gasteiger partial charge in [-0.1, -0.05) is 41.4 Å². The van der Waals surface area contributed by atoms with Crippen LogP contribution in [0, 0.1) is 6.92 Å². The number of aliphatic hydroxyl groups is 1. The third-order valence-electron chi connectivity index (χ3n) is 5.43. The van der Waals surface area contributed by atoms with Crippen molar-refractivity contribution < 1.29 is 14.7 Å². The summed E-state index contributed by atoms with van der Waals surface area (Å²) in [5.41, 5.74) is 2.39. The van der Waals surface area contributed by atoms with Crippen molar-refractivity contribution in [3.05, 3.63) is 94.5 Å². The fourth-order valence-electron chi connectivity index (χ4n) is 3.81. The van der Waals surface area contributed by atoms with E-state index in [2.05, 4.69) is 4.98 Å². The molecule has 3 aromatic rings. The number of imidazole rings is 1. The van der Waals surface area contributed by atoms with Crippen LogP contribution in [0.15, 0.2) is 72.8 Å². The van der Waals surface area contributed by atoms with Crippen LogP contribution < -0.4 is 0 Å². The van der Waals surface area contributed by atoms with Crippen LogP contribution in [0.5, 0.6) is 0 Å². The molecule has 7 heteroatoms. The molecule has 31 heavy (non-hydrogen) atoms. The van der Waals surface area contributed by atoms with E-state index in [9.17, 15) is 14.7 Å². The van der Waals surface area contributed by atoms with Gasteiger partial charge in [0.15, 0.2) is 0 Å². The van der Waals surface area contributed by atoms with Crippen LogP contribution in [-0.2, 0) is 16.1 Å². The summed E-state index contributed by atoms with van der Waals surface area (Å²) in [4.78, 5) is 31.5. The van der Waals surface area contributed by atoms with Gasteiger partial charge in [-0.3, -0.25) is 9.59 Å². The molecule has 1 N–H and O–H groups in total. The fraction of sp³-hybridized carbons (Fsp3) is 0.208. The van der Waals surface area contributed by atoms with E-state index in [4.69, 9.17) is 11.6 Å². The zero-order chi connectivity index (χ0) is 22.0. The predicted molar refractivity (Wildman–Crippen MR) is 118 cm³/mol. The standard InChI is InChI=1S/C24H22ClN3O3/c1-16-3-5-17(6-4-16)21-20(22(29)18-7-9-19(25)10-8-18)23(30)24(31)28(21)13-2-12-27-14-11-26-15-27/h3-11,14-15,21,29H,2,12-13H2,1H3. The molecule has 1 saturated heterocycles. The van der Waals surface area contributed by atoms with Gasteiger partial charge >= 0.3 is 0 Å². The average Bonchev–Trinajstić information content (AvgIpc) is 3.37. The summed E-state index contributed by atoms with van der Waals surface area (Å²) in [7, 11) is 0. The van der Waals surface area contributed by atoms with Gasteiger partial charge in [0, 0.05) is 36.1 Å². The summed E-state index contributed by atoms with van der Waals surface area (Å²) in [6.45, 7) is 3.01. The molecule has 158 valence electrons. The maximum Gasteiger partial charge on any atom is 0.295 e. The topological polar surface area (TPSA) is 75.4 Å². The number of hydrogen-bond donors (Lipinski definition) is 1. The Hall–Kier alpha value is -3.38. The van der Waals surface area contributed by atoms with Gasteiger partial charge in [-0.05, 0) is 43.2 Å². The number of aromatic nitrogens is 2. The highest BCUT2D eigenvalue weighted by atomic mass is 35.5. The summed E-state index contributed by atoms with van der Waals surface area (Å²) in [5, 5.41) is 11.5. The summed E-state index contributed by atoms with van der Waals surface area (Å²) in [6.07, 6.45) is 5.91. The van der Waals surface area contributed by atoms with E-state index < -0.39 is 17.7 Å². The van der Waals surface area contributed by atoms with Gasteiger partial charge in [-0.25, -0.2) is 4.98 Å². The van der Waals surface area contributed by atoms with Crippen LogP contribution in [0.1, 0.15) is 29.2 Å². The molecule has 0 aliphatic carbocycles. The summed E-state index contributed by atoms with van der Waals surface area (Å²) in [6, 6.07) is 13.5. The minimum Gasteiger partial charge on any atom is -0.507 e. The lowest BCUT2D eigenvalue weighted by atomic mass is 9.94. The number of halogens is 1. The Kier molecular flexibility index (Phi) is 5.91. The van der Waals surface area contributed by atoms with Crippen LogP contribution in [0.2, 0.25) is 5.02 Å². The zero-order valence-electron chi connectivity index (χ0n) is 17.0. The van der Waals surface area contributed by atoms with Crippen molar-refractivity contribution in [3.8, 4) is 0 Å². The Balaban J connectivity index is 1.72. The van der Waals surface area contributed by atoms with Gasteiger partial charge in [-0.15, -0.1) is 0 Å². The highest BCUT2D eigenvalue weighted by Gasteiger charge is 2.45. The second kappa shape index (κ2) is 8.78. The van der Waals surface area contributed by atoms with E-state index >= 15 is 0 Å². The van der Waals surface area contributed by atoms with Crippen LogP contribution in [0.25, 0.3) is 5.76 Å². The molecule has 1 unspecified atom stereocenters. The second-order valence-electron chi connectivity index (χ2n) is 7.56. The number of aliphatic hydroxyl groups excluding tert-OH is 1. The maximum atomic E-state index is 13.0. The Morgan fingerprint density at radius 1 is 1.06 bits per heavy atom. The number of aryl methyl sites for hydroxylation is 2. The Morgan fingerprint density at radius 2 is 1.77 bits per heavy atom. The number of likely N-dealkylation sites (tertiary alicyclic amines) is 1. The summed E-state index contributed by atoms with van der Waals surface area (Å²) < 4.78 is 1.92. The van der Waals surface area contributed by atoms with E-state index in [0.29, 0.717) is 30.1 Å². The number of hydrogen-bond acceptors (Lipinski definition) is 4. The van der Waals surface area contributed by atoms with Crippen LogP contribution in [-0.4, -0.2) is 37.8 Å². The first kappa shape index (κ1) is 20.9. The van der Waals surface area contributed by atoms with Gasteiger partial charge in [0.2, 0.25) is 0 Å². The summed E-state index contributed by atoms with van der Waals surface area (Å²) >= 11 is 5.96. The first-order valence-corrected chi connectivity index (χ1v) is 10.4. The molecule has 1 amide bonds. The number of carbonyl (C=O) groups excluding carboxylic acids is 2. The van der Waals surface area contributed by atoms with Gasteiger partial charge in [0.1, 0.15) is 5.76 Å². The quantitative estimate of drug-likeness (QED) is 0.354. The molecule has 4 rings (SSSR count). The Bertz CT molecular complexity index is 1120. The third-order valence-corrected chi connectivity index (χ3v) is 5.68. The molecular formula is C24H22ClN3O3. The lowest BCUT2D eigenvalue weighted by Gasteiger charge is -2.25. The van der Waals surface area contributed by atoms with Crippen LogP contribution >= 0.6 is 11.6 Å². The van der Waals surface area contributed by atoms with E-state index in [-0.39, 0.29) is 11.3 Å². The average molecular weight is 436 g/mol. The SMILES string of the molecule is Cc1ccc(C2C(=C(O)c3ccc(Cl)cc3)C(=O)C(=O)N2CCCn2ccnc2)cc1. The first-order chi connectivity index (χ1) is 15.0. The molecule has 0 radical (unpaired) electrons. The normalized spacial score (nSPS) is 18.0. The predicted octanol–water partition coefficient (Wildman–Crippen LogP) is 4.36. The number of carbonyl (C=O) groups is 2. The molecule has 2 aromatic carbocycles. The number of Topliss-reactive ketones (excluding diaryl/α,β-unsaturated/α-hetero) is 1. The number of nitrogens with zero attached hydrogens (tertiary/aromatic N) is 3. The highest BCUT2D eigenvalue weighted by molar-refractivity contribution is 6.46. The third kappa shape index (κ3) is 4.25. The van der Waals surface area contributed by atoms with Crippen molar-refractivity contribution in [2.24, 2.45) is 0 Å². The van der Waals surface area contributed by atoms with Crippen molar-refractivity contribution in [1.82, 2.24) is 14.5 Å². The number of rotatable bonds is 6. The number of benzene rings is 2. The fourth-order valence-corrected chi connectivity index (χ4v) is 3.94. The van der Waals surface area contributed by atoms with Crippen molar-refractivity contribution in [3.63, 3.8) is 0 Å². The van der Waals surface area contributed by atoms with Gasteiger partial charge in [0.05, 0.1) is 17.9 Å². The molecule has 0 spiro atoms.